The van der Waals surface area contributed by atoms with Crippen LogP contribution in [0.25, 0.3) is 0 Å². The Morgan fingerprint density at radius 2 is 1.95 bits per heavy atom. The van der Waals surface area contributed by atoms with Gasteiger partial charge in [-0.3, -0.25) is 0 Å². The molecule has 1 aliphatic heterocycles. The molecule has 2 nitrogen and oxygen atoms in total. The summed E-state index contributed by atoms with van der Waals surface area (Å²) in [4.78, 5) is 0. The van der Waals surface area contributed by atoms with Gasteiger partial charge >= 0.3 is 0 Å². The van der Waals surface area contributed by atoms with Crippen molar-refractivity contribution in [2.45, 2.75) is 12.8 Å². The third-order valence-electron chi connectivity index (χ3n) is 3.34. The Labute approximate surface area is 118 Å². The fourth-order valence-electron chi connectivity index (χ4n) is 2.31. The van der Waals surface area contributed by atoms with Gasteiger partial charge in [0.2, 0.25) is 0 Å². The van der Waals surface area contributed by atoms with Gasteiger partial charge in [0.15, 0.2) is 0 Å². The van der Waals surface area contributed by atoms with Gasteiger partial charge in [-0.15, -0.1) is 0 Å². The molecule has 1 N–H and O–H groups in total. The average molecular weight is 274 g/mol. The van der Waals surface area contributed by atoms with Crippen molar-refractivity contribution in [1.29, 1.82) is 0 Å². The van der Waals surface area contributed by atoms with Crippen LogP contribution in [-0.2, 0) is 12.8 Å². The predicted molar refractivity (Wildman–Crippen MR) is 79.3 cm³/mol. The first-order valence-corrected chi connectivity index (χ1v) is 6.93. The van der Waals surface area contributed by atoms with Gasteiger partial charge in [0.1, 0.15) is 5.75 Å². The molecule has 1 aliphatic rings. The molecular formula is C16H16ClNO. The van der Waals surface area contributed by atoms with E-state index in [1.807, 2.05) is 24.3 Å². The summed E-state index contributed by atoms with van der Waals surface area (Å²) in [5.41, 5.74) is 3.79. The number of ether oxygens (including phenoxy) is 1. The quantitative estimate of drug-likeness (QED) is 0.911. The Morgan fingerprint density at radius 3 is 2.79 bits per heavy atom. The number of hydrogen-bond acceptors (Lipinski definition) is 2. The van der Waals surface area contributed by atoms with E-state index in [9.17, 15) is 0 Å². The summed E-state index contributed by atoms with van der Waals surface area (Å²) in [5.74, 6) is 1.05. The lowest BCUT2D eigenvalue weighted by molar-refractivity contribution is 0.357. The molecule has 0 radical (unpaired) electrons. The van der Waals surface area contributed by atoms with E-state index in [2.05, 4.69) is 23.5 Å². The minimum absolute atomic E-state index is 0.768. The summed E-state index contributed by atoms with van der Waals surface area (Å²) in [6, 6.07) is 14.3. The van der Waals surface area contributed by atoms with E-state index < -0.39 is 0 Å². The molecule has 0 atom stereocenters. The lowest BCUT2D eigenvalue weighted by Crippen LogP contribution is -2.04. The van der Waals surface area contributed by atoms with Crippen molar-refractivity contribution in [2.75, 3.05) is 18.5 Å². The summed E-state index contributed by atoms with van der Waals surface area (Å²) in [5, 5.41) is 4.17. The highest BCUT2D eigenvalue weighted by atomic mass is 35.5. The third kappa shape index (κ3) is 3.02. The van der Waals surface area contributed by atoms with Crippen molar-refractivity contribution < 1.29 is 4.74 Å². The molecule has 19 heavy (non-hydrogen) atoms. The molecule has 98 valence electrons. The molecule has 3 rings (SSSR count). The van der Waals surface area contributed by atoms with Crippen LogP contribution in [-0.4, -0.2) is 13.2 Å². The molecule has 0 saturated heterocycles. The third-order valence-corrected chi connectivity index (χ3v) is 3.59. The standard InChI is InChI=1S/C16H16ClNO/c17-14-2-4-15(5-3-14)18-9-7-12-1-6-16-13(11-12)8-10-19-16/h1-6,11,18H,7-10H2. The maximum absolute atomic E-state index is 5.86. The van der Waals surface area contributed by atoms with E-state index >= 15 is 0 Å². The summed E-state index contributed by atoms with van der Waals surface area (Å²) in [7, 11) is 0. The van der Waals surface area contributed by atoms with Crippen molar-refractivity contribution in [3.63, 3.8) is 0 Å². The second-order valence-corrected chi connectivity index (χ2v) is 5.16. The molecule has 0 aromatic heterocycles. The number of nitrogens with one attached hydrogen (secondary N) is 1. The van der Waals surface area contributed by atoms with E-state index in [1.165, 1.54) is 11.1 Å². The van der Waals surface area contributed by atoms with Crippen LogP contribution in [0.2, 0.25) is 5.02 Å². The van der Waals surface area contributed by atoms with Gasteiger partial charge in [0.05, 0.1) is 6.61 Å². The molecular weight excluding hydrogens is 258 g/mol. The highest BCUT2D eigenvalue weighted by molar-refractivity contribution is 6.30. The van der Waals surface area contributed by atoms with E-state index in [-0.39, 0.29) is 0 Å². The van der Waals surface area contributed by atoms with E-state index in [1.54, 1.807) is 0 Å². The zero-order valence-electron chi connectivity index (χ0n) is 10.7. The van der Waals surface area contributed by atoms with Crippen molar-refractivity contribution >= 4 is 17.3 Å². The largest absolute Gasteiger partial charge is 0.493 e. The topological polar surface area (TPSA) is 21.3 Å². The zero-order valence-corrected chi connectivity index (χ0v) is 11.4. The van der Waals surface area contributed by atoms with Crippen LogP contribution in [0.4, 0.5) is 5.69 Å². The Kier molecular flexibility index (Phi) is 3.60. The molecule has 2 aromatic rings. The van der Waals surface area contributed by atoms with Crippen molar-refractivity contribution in [2.24, 2.45) is 0 Å². The van der Waals surface area contributed by atoms with Crippen LogP contribution >= 0.6 is 11.6 Å². The second kappa shape index (κ2) is 5.54. The zero-order chi connectivity index (χ0) is 13.1. The van der Waals surface area contributed by atoms with Gasteiger partial charge in [0, 0.05) is 23.7 Å². The number of benzene rings is 2. The molecule has 0 bridgehead atoms. The van der Waals surface area contributed by atoms with Gasteiger partial charge in [-0.2, -0.15) is 0 Å². The number of fused-ring (bicyclic) bond motifs is 1. The van der Waals surface area contributed by atoms with Gasteiger partial charge in [0.25, 0.3) is 0 Å². The molecule has 2 aromatic carbocycles. The lowest BCUT2D eigenvalue weighted by atomic mass is 10.1. The molecule has 0 spiro atoms. The number of halogens is 1. The first kappa shape index (κ1) is 12.4. The van der Waals surface area contributed by atoms with E-state index in [0.717, 1.165) is 42.5 Å². The Morgan fingerprint density at radius 1 is 1.11 bits per heavy atom. The smallest absolute Gasteiger partial charge is 0.122 e. The van der Waals surface area contributed by atoms with E-state index in [4.69, 9.17) is 16.3 Å². The summed E-state index contributed by atoms with van der Waals surface area (Å²) in [6.45, 7) is 1.74. The molecule has 0 fully saturated rings. The summed E-state index contributed by atoms with van der Waals surface area (Å²) < 4.78 is 5.51. The molecule has 0 aliphatic carbocycles. The van der Waals surface area contributed by atoms with Crippen molar-refractivity contribution in [3.05, 3.63) is 58.6 Å². The van der Waals surface area contributed by atoms with Crippen LogP contribution in [0.1, 0.15) is 11.1 Å². The predicted octanol–water partition coefficient (Wildman–Crippen LogP) is 3.93. The Balaban J connectivity index is 1.56. The van der Waals surface area contributed by atoms with Crippen LogP contribution < -0.4 is 10.1 Å². The molecule has 3 heteroatoms. The molecule has 1 heterocycles. The van der Waals surface area contributed by atoms with Gasteiger partial charge < -0.3 is 10.1 Å². The Bertz CT molecular complexity index is 565. The van der Waals surface area contributed by atoms with Crippen LogP contribution in [0.3, 0.4) is 0 Å². The number of rotatable bonds is 4. The summed E-state index contributed by atoms with van der Waals surface area (Å²) in [6.07, 6.45) is 2.05. The highest BCUT2D eigenvalue weighted by Gasteiger charge is 2.11. The van der Waals surface area contributed by atoms with Crippen LogP contribution in [0.15, 0.2) is 42.5 Å². The van der Waals surface area contributed by atoms with Gasteiger partial charge in [-0.1, -0.05) is 23.7 Å². The monoisotopic (exact) mass is 273 g/mol. The maximum atomic E-state index is 5.86. The molecule has 0 amide bonds. The normalized spacial score (nSPS) is 12.9. The lowest BCUT2D eigenvalue weighted by Gasteiger charge is -2.07. The first-order chi connectivity index (χ1) is 9.31. The number of anilines is 1. The molecule has 0 saturated carbocycles. The maximum Gasteiger partial charge on any atom is 0.122 e. The fraction of sp³-hybridized carbons (Fsp3) is 0.250. The van der Waals surface area contributed by atoms with Gasteiger partial charge in [-0.05, 0) is 47.9 Å². The minimum Gasteiger partial charge on any atom is -0.493 e. The Hall–Kier alpha value is -1.67. The minimum atomic E-state index is 0.768. The SMILES string of the molecule is Clc1ccc(NCCc2ccc3c(c2)CCO3)cc1. The van der Waals surface area contributed by atoms with Crippen molar-refractivity contribution in [1.82, 2.24) is 0 Å². The van der Waals surface area contributed by atoms with E-state index in [0.29, 0.717) is 0 Å². The van der Waals surface area contributed by atoms with Gasteiger partial charge in [-0.25, -0.2) is 0 Å². The van der Waals surface area contributed by atoms with Crippen molar-refractivity contribution in [3.8, 4) is 5.75 Å². The molecule has 0 unspecified atom stereocenters. The number of hydrogen-bond donors (Lipinski definition) is 1. The average Bonchev–Trinajstić information content (AvgIpc) is 2.88. The fourth-order valence-corrected chi connectivity index (χ4v) is 2.44. The first-order valence-electron chi connectivity index (χ1n) is 6.55. The summed E-state index contributed by atoms with van der Waals surface area (Å²) >= 11 is 5.86. The second-order valence-electron chi connectivity index (χ2n) is 4.72. The van der Waals surface area contributed by atoms with Crippen LogP contribution in [0, 0.1) is 0 Å². The highest BCUT2D eigenvalue weighted by Crippen LogP contribution is 2.26. The van der Waals surface area contributed by atoms with Crippen LogP contribution in [0.5, 0.6) is 5.75 Å².